The normalized spacial score (nSPS) is 11.9. The van der Waals surface area contributed by atoms with E-state index in [9.17, 15) is 9.59 Å². The van der Waals surface area contributed by atoms with Crippen LogP contribution in [0.1, 0.15) is 25.3 Å². The molecule has 0 aromatic heterocycles. The quantitative estimate of drug-likeness (QED) is 0.849. The number of hydrogen-bond acceptors (Lipinski definition) is 2. The first-order valence-corrected chi connectivity index (χ1v) is 6.63. The summed E-state index contributed by atoms with van der Waals surface area (Å²) in [5, 5.41) is 12.2. The maximum absolute atomic E-state index is 11.8. The van der Waals surface area contributed by atoms with Crippen LogP contribution >= 0.6 is 23.2 Å². The van der Waals surface area contributed by atoms with E-state index in [2.05, 4.69) is 5.32 Å². The van der Waals surface area contributed by atoms with E-state index in [0.717, 1.165) is 5.56 Å². The average molecular weight is 304 g/mol. The molecule has 0 saturated heterocycles. The number of benzene rings is 1. The Morgan fingerprint density at radius 3 is 2.53 bits per heavy atom. The number of rotatable bonds is 6. The molecule has 1 amide bonds. The Labute approximate surface area is 121 Å². The van der Waals surface area contributed by atoms with Crippen molar-refractivity contribution >= 4 is 35.1 Å². The van der Waals surface area contributed by atoms with E-state index in [0.29, 0.717) is 16.5 Å². The van der Waals surface area contributed by atoms with E-state index in [1.54, 1.807) is 18.2 Å². The first-order chi connectivity index (χ1) is 8.92. The summed E-state index contributed by atoms with van der Waals surface area (Å²) < 4.78 is 0. The Bertz CT molecular complexity index is 477. The smallest absolute Gasteiger partial charge is 0.305 e. The van der Waals surface area contributed by atoms with Crippen molar-refractivity contribution in [2.75, 3.05) is 0 Å². The lowest BCUT2D eigenvalue weighted by atomic mass is 10.1. The van der Waals surface area contributed by atoms with E-state index in [1.807, 2.05) is 6.92 Å². The second-order valence-electron chi connectivity index (χ2n) is 4.20. The number of nitrogens with one attached hydrogen (secondary N) is 1. The number of halogens is 2. The van der Waals surface area contributed by atoms with E-state index in [-0.39, 0.29) is 24.8 Å². The molecular weight excluding hydrogens is 289 g/mol. The van der Waals surface area contributed by atoms with Gasteiger partial charge in [-0.25, -0.2) is 0 Å². The highest BCUT2D eigenvalue weighted by atomic mass is 35.5. The van der Waals surface area contributed by atoms with Crippen molar-refractivity contribution in [3.63, 3.8) is 0 Å². The third-order valence-electron chi connectivity index (χ3n) is 2.63. The summed E-state index contributed by atoms with van der Waals surface area (Å²) in [6.07, 6.45) is 0.635. The second kappa shape index (κ2) is 7.36. The van der Waals surface area contributed by atoms with Crippen LogP contribution in [0.4, 0.5) is 0 Å². The standard InChI is InChI=1S/C13H15Cl2NO3/c1-2-9(7-13(18)19)16-12(17)6-8-3-4-10(14)11(15)5-8/h3-5,9H,2,6-7H2,1H3,(H,16,17)(H,18,19). The molecule has 0 bridgehead atoms. The van der Waals surface area contributed by atoms with Gasteiger partial charge >= 0.3 is 5.97 Å². The molecule has 0 aliphatic heterocycles. The molecule has 1 unspecified atom stereocenters. The van der Waals surface area contributed by atoms with Gasteiger partial charge in [0.15, 0.2) is 0 Å². The van der Waals surface area contributed by atoms with Crippen LogP contribution in [0.15, 0.2) is 18.2 Å². The van der Waals surface area contributed by atoms with Crippen LogP contribution < -0.4 is 5.32 Å². The van der Waals surface area contributed by atoms with E-state index >= 15 is 0 Å². The van der Waals surface area contributed by atoms with Gasteiger partial charge in [-0.2, -0.15) is 0 Å². The van der Waals surface area contributed by atoms with Crippen LogP contribution in [0.25, 0.3) is 0 Å². The maximum atomic E-state index is 11.8. The number of carbonyl (C=O) groups excluding carboxylic acids is 1. The molecule has 0 fully saturated rings. The minimum atomic E-state index is -0.929. The summed E-state index contributed by atoms with van der Waals surface area (Å²) in [5.41, 5.74) is 0.733. The molecule has 104 valence electrons. The molecule has 0 radical (unpaired) electrons. The van der Waals surface area contributed by atoms with Gasteiger partial charge in [-0.15, -0.1) is 0 Å². The third-order valence-corrected chi connectivity index (χ3v) is 3.37. The van der Waals surface area contributed by atoms with Crippen LogP contribution in [0.3, 0.4) is 0 Å². The highest BCUT2D eigenvalue weighted by Gasteiger charge is 2.14. The van der Waals surface area contributed by atoms with Crippen molar-refractivity contribution in [3.05, 3.63) is 33.8 Å². The fraction of sp³-hybridized carbons (Fsp3) is 0.385. The minimum absolute atomic E-state index is 0.0797. The molecule has 1 atom stereocenters. The Hall–Kier alpha value is -1.26. The highest BCUT2D eigenvalue weighted by molar-refractivity contribution is 6.42. The molecule has 6 heteroatoms. The lowest BCUT2D eigenvalue weighted by Crippen LogP contribution is -2.36. The summed E-state index contributed by atoms with van der Waals surface area (Å²) in [5.74, 6) is -1.16. The fourth-order valence-electron chi connectivity index (χ4n) is 1.62. The van der Waals surface area contributed by atoms with E-state index < -0.39 is 5.97 Å². The SMILES string of the molecule is CCC(CC(=O)O)NC(=O)Cc1ccc(Cl)c(Cl)c1. The molecule has 1 rings (SSSR count). The largest absolute Gasteiger partial charge is 0.481 e. The van der Waals surface area contributed by atoms with Crippen molar-refractivity contribution < 1.29 is 14.7 Å². The topological polar surface area (TPSA) is 66.4 Å². The average Bonchev–Trinajstić information content (AvgIpc) is 2.32. The van der Waals surface area contributed by atoms with Crippen molar-refractivity contribution in [2.45, 2.75) is 32.2 Å². The molecule has 19 heavy (non-hydrogen) atoms. The monoisotopic (exact) mass is 303 g/mol. The Balaban J connectivity index is 2.58. The zero-order chi connectivity index (χ0) is 14.4. The molecule has 0 saturated carbocycles. The van der Waals surface area contributed by atoms with Crippen molar-refractivity contribution in [2.24, 2.45) is 0 Å². The minimum Gasteiger partial charge on any atom is -0.481 e. The van der Waals surface area contributed by atoms with Crippen molar-refractivity contribution in [1.82, 2.24) is 5.32 Å². The second-order valence-corrected chi connectivity index (χ2v) is 5.01. The lowest BCUT2D eigenvalue weighted by molar-refractivity contribution is -0.137. The molecule has 0 spiro atoms. The third kappa shape index (κ3) is 5.49. The van der Waals surface area contributed by atoms with Gasteiger partial charge in [0.25, 0.3) is 0 Å². The Morgan fingerprint density at radius 1 is 1.32 bits per heavy atom. The number of aliphatic carboxylic acids is 1. The highest BCUT2D eigenvalue weighted by Crippen LogP contribution is 2.22. The van der Waals surface area contributed by atoms with Gasteiger partial charge in [0.2, 0.25) is 5.91 Å². The van der Waals surface area contributed by atoms with Gasteiger partial charge < -0.3 is 10.4 Å². The molecule has 1 aromatic carbocycles. The fourth-order valence-corrected chi connectivity index (χ4v) is 1.94. The van der Waals surface area contributed by atoms with Gasteiger partial charge in [-0.1, -0.05) is 36.2 Å². The number of hydrogen-bond donors (Lipinski definition) is 2. The van der Waals surface area contributed by atoms with E-state index in [4.69, 9.17) is 28.3 Å². The molecular formula is C13H15Cl2NO3. The van der Waals surface area contributed by atoms with Crippen molar-refractivity contribution in [1.29, 1.82) is 0 Å². The summed E-state index contributed by atoms with van der Waals surface area (Å²) in [6, 6.07) is 4.61. The molecule has 2 N–H and O–H groups in total. The number of carboxylic acids is 1. The Morgan fingerprint density at radius 2 is 2.00 bits per heavy atom. The molecule has 1 aromatic rings. The van der Waals surface area contributed by atoms with Gasteiger partial charge in [0.1, 0.15) is 0 Å². The molecule has 0 aliphatic carbocycles. The van der Waals surface area contributed by atoms with Crippen LogP contribution in [-0.4, -0.2) is 23.0 Å². The zero-order valence-corrected chi connectivity index (χ0v) is 12.0. The molecule has 0 aliphatic rings. The van der Waals surface area contributed by atoms with Crippen LogP contribution in [0, 0.1) is 0 Å². The first kappa shape index (κ1) is 15.8. The van der Waals surface area contributed by atoms with Gasteiger partial charge in [0, 0.05) is 6.04 Å². The zero-order valence-electron chi connectivity index (χ0n) is 10.5. The number of amides is 1. The first-order valence-electron chi connectivity index (χ1n) is 5.87. The van der Waals surface area contributed by atoms with Crippen LogP contribution in [-0.2, 0) is 16.0 Å². The number of carbonyl (C=O) groups is 2. The maximum Gasteiger partial charge on any atom is 0.305 e. The van der Waals surface area contributed by atoms with Gasteiger partial charge in [-0.3, -0.25) is 9.59 Å². The van der Waals surface area contributed by atoms with E-state index in [1.165, 1.54) is 0 Å². The predicted octanol–water partition coefficient (Wildman–Crippen LogP) is 2.91. The lowest BCUT2D eigenvalue weighted by Gasteiger charge is -2.14. The summed E-state index contributed by atoms with van der Waals surface area (Å²) in [4.78, 5) is 22.4. The van der Waals surface area contributed by atoms with Crippen LogP contribution in [0.5, 0.6) is 0 Å². The Kier molecular flexibility index (Phi) is 6.12. The summed E-state index contributed by atoms with van der Waals surface area (Å²) in [6.45, 7) is 1.83. The van der Waals surface area contributed by atoms with Crippen molar-refractivity contribution in [3.8, 4) is 0 Å². The summed E-state index contributed by atoms with van der Waals surface area (Å²) in [7, 11) is 0. The molecule has 4 nitrogen and oxygen atoms in total. The van der Waals surface area contributed by atoms with Gasteiger partial charge in [0.05, 0.1) is 22.9 Å². The summed E-state index contributed by atoms with van der Waals surface area (Å²) >= 11 is 11.6. The molecule has 0 heterocycles. The number of carboxylic acid groups (broad SMARTS) is 1. The van der Waals surface area contributed by atoms with Crippen LogP contribution in [0.2, 0.25) is 10.0 Å². The van der Waals surface area contributed by atoms with Gasteiger partial charge in [-0.05, 0) is 24.1 Å². The predicted molar refractivity (Wildman–Crippen MR) is 74.6 cm³/mol.